The van der Waals surface area contributed by atoms with Gasteiger partial charge in [-0.05, 0) is 96.3 Å². The number of carbonyl (C=O) groups is 3. The zero-order valence-electron chi connectivity index (χ0n) is 48.2. The topological polar surface area (TPSA) is 155 Å². The summed E-state index contributed by atoms with van der Waals surface area (Å²) in [5.41, 5.74) is 0. The van der Waals surface area contributed by atoms with Gasteiger partial charge in [-0.25, -0.2) is 4.57 Å². The third kappa shape index (κ3) is 55.2. The van der Waals surface area contributed by atoms with Gasteiger partial charge in [0.1, 0.15) is 12.7 Å². The molecule has 0 aromatic rings. The fourth-order valence-electron chi connectivity index (χ4n) is 7.99. The molecule has 2 N–H and O–H groups in total. The van der Waals surface area contributed by atoms with E-state index in [2.05, 4.69) is 118 Å². The summed E-state index contributed by atoms with van der Waals surface area (Å²) in [5, 5.41) is 9.81. The van der Waals surface area contributed by atoms with Crippen LogP contribution in [0, 0.1) is 0 Å². The summed E-state index contributed by atoms with van der Waals surface area (Å²) in [6.45, 7) is 4.36. The number of aliphatic hydroxyl groups excluding tert-OH is 1. The Kier molecular flexibility index (Phi) is 54.8. The highest BCUT2D eigenvalue weighted by atomic mass is 31.2. The lowest BCUT2D eigenvalue weighted by Gasteiger charge is -2.21. The lowest BCUT2D eigenvalue weighted by atomic mass is 10.0. The molecule has 0 saturated carbocycles. The number of unbranched alkanes of at least 4 members (excludes halogenated alkanes) is 22. The summed E-state index contributed by atoms with van der Waals surface area (Å²) >= 11 is 0. The van der Waals surface area contributed by atoms with Crippen molar-refractivity contribution in [3.63, 3.8) is 0 Å². The molecule has 0 aliphatic carbocycles. The Morgan fingerprint density at radius 2 is 0.684 bits per heavy atom. The lowest BCUT2D eigenvalue weighted by Crippen LogP contribution is -2.30. The maximum absolute atomic E-state index is 12.9. The van der Waals surface area contributed by atoms with Crippen LogP contribution in [-0.4, -0.2) is 66.5 Å². The molecule has 0 amide bonds. The molecule has 0 fully saturated rings. The average Bonchev–Trinajstić information content (AvgIpc) is 3.41. The Morgan fingerprint density at radius 1 is 0.382 bits per heavy atom. The van der Waals surface area contributed by atoms with Crippen molar-refractivity contribution < 1.29 is 52.2 Å². The maximum Gasteiger partial charge on any atom is 0.472 e. The second-order valence-electron chi connectivity index (χ2n) is 19.8. The number of esters is 3. The van der Waals surface area contributed by atoms with Crippen molar-refractivity contribution in [2.24, 2.45) is 0 Å². The van der Waals surface area contributed by atoms with Gasteiger partial charge in [-0.3, -0.25) is 23.4 Å². The summed E-state index contributed by atoms with van der Waals surface area (Å²) in [5.74, 6) is -1.53. The fourth-order valence-corrected chi connectivity index (χ4v) is 8.77. The highest BCUT2D eigenvalue weighted by Crippen LogP contribution is 2.43. The highest BCUT2D eigenvalue weighted by Gasteiger charge is 2.28. The Hall–Kier alpha value is -3.60. The molecular formula is C64H109O11P. The molecule has 3 atom stereocenters. The van der Waals surface area contributed by atoms with Crippen LogP contribution in [0.4, 0.5) is 0 Å². The van der Waals surface area contributed by atoms with Crippen molar-refractivity contribution >= 4 is 25.7 Å². The normalized spacial score (nSPS) is 14.0. The summed E-state index contributed by atoms with van der Waals surface area (Å²) in [7, 11) is -4.77. The first-order chi connectivity index (χ1) is 37.2. The third-order valence-corrected chi connectivity index (χ3v) is 13.5. The van der Waals surface area contributed by atoms with Gasteiger partial charge in [-0.15, -0.1) is 0 Å². The molecule has 0 bridgehead atoms. The van der Waals surface area contributed by atoms with Gasteiger partial charge in [-0.2, -0.15) is 0 Å². The van der Waals surface area contributed by atoms with E-state index < -0.39 is 57.8 Å². The first-order valence-electron chi connectivity index (χ1n) is 30.1. The minimum atomic E-state index is -4.77. The van der Waals surface area contributed by atoms with Crippen molar-refractivity contribution in [3.05, 3.63) is 97.2 Å². The molecule has 12 heteroatoms. The summed E-state index contributed by atoms with van der Waals surface area (Å²) in [4.78, 5) is 48.6. The first-order valence-corrected chi connectivity index (χ1v) is 31.6. The quantitative estimate of drug-likeness (QED) is 0.0197. The van der Waals surface area contributed by atoms with Crippen LogP contribution in [0.5, 0.6) is 0 Å². The molecule has 11 nitrogen and oxygen atoms in total. The van der Waals surface area contributed by atoms with Gasteiger partial charge in [0.2, 0.25) is 0 Å². The van der Waals surface area contributed by atoms with E-state index in [1.165, 1.54) is 83.5 Å². The zero-order chi connectivity index (χ0) is 55.5. The van der Waals surface area contributed by atoms with Crippen LogP contribution in [0.25, 0.3) is 0 Å². The number of phosphoric ester groups is 1. The van der Waals surface area contributed by atoms with Crippen molar-refractivity contribution in [1.29, 1.82) is 0 Å². The maximum atomic E-state index is 12.9. The van der Waals surface area contributed by atoms with E-state index in [1.807, 2.05) is 0 Å². The van der Waals surface area contributed by atoms with Crippen LogP contribution >= 0.6 is 7.82 Å². The smallest absolute Gasteiger partial charge is 0.462 e. The fraction of sp³-hybridized carbons (Fsp3) is 0.703. The van der Waals surface area contributed by atoms with Gasteiger partial charge >= 0.3 is 25.7 Å². The van der Waals surface area contributed by atoms with Crippen LogP contribution in [0.2, 0.25) is 0 Å². The summed E-state index contributed by atoms with van der Waals surface area (Å²) < 4.78 is 39.5. The number of aliphatic hydroxyl groups is 1. The molecule has 0 saturated heterocycles. The van der Waals surface area contributed by atoms with E-state index in [9.17, 15) is 28.9 Å². The van der Waals surface area contributed by atoms with E-state index in [-0.39, 0.29) is 25.9 Å². The number of allylic oxidation sites excluding steroid dienone is 16. The number of carbonyl (C=O) groups excluding carboxylic acids is 3. The largest absolute Gasteiger partial charge is 0.472 e. The number of rotatable bonds is 55. The molecule has 436 valence electrons. The molecule has 0 spiro atoms. The number of phosphoric acid groups is 1. The van der Waals surface area contributed by atoms with Crippen molar-refractivity contribution in [1.82, 2.24) is 0 Å². The van der Waals surface area contributed by atoms with E-state index in [0.717, 1.165) is 109 Å². The van der Waals surface area contributed by atoms with E-state index in [1.54, 1.807) is 0 Å². The Balaban J connectivity index is 4.80. The monoisotopic (exact) mass is 1080 g/mol. The summed E-state index contributed by atoms with van der Waals surface area (Å²) in [6, 6.07) is 0. The average molecular weight is 1090 g/mol. The van der Waals surface area contributed by atoms with Gasteiger partial charge in [-0.1, -0.05) is 234 Å². The molecule has 0 aliphatic rings. The number of hydrogen-bond acceptors (Lipinski definition) is 10. The second-order valence-corrected chi connectivity index (χ2v) is 21.2. The Labute approximate surface area is 463 Å². The van der Waals surface area contributed by atoms with Gasteiger partial charge in [0.25, 0.3) is 0 Å². The predicted octanol–water partition coefficient (Wildman–Crippen LogP) is 18.0. The molecule has 0 heterocycles. The minimum absolute atomic E-state index is 0.124. The van der Waals surface area contributed by atoms with Crippen molar-refractivity contribution in [3.8, 4) is 0 Å². The predicted molar refractivity (Wildman–Crippen MR) is 316 cm³/mol. The van der Waals surface area contributed by atoms with Crippen molar-refractivity contribution in [2.45, 2.75) is 264 Å². The lowest BCUT2D eigenvalue weighted by molar-refractivity contribution is -0.161. The molecule has 0 aromatic carbocycles. The first kappa shape index (κ1) is 72.4. The standard InChI is InChI=1S/C64H109O11P/c1-4-7-10-13-16-19-22-25-27-29-30-32-34-37-40-43-46-49-52-55-64(68)75-61(57-71-62(66)53-50-47-44-41-38-36-33-31-28-26-23-20-17-14-11-8-5-2)59-73-76(69,70)72-58-60(56-65)74-63(67)54-51-48-45-42-39-35-24-21-18-15-12-9-6-3/h7,9-10,12,16,18-19,21,25,27,30,32,35,37,39-40,60-61,65H,4-6,8,11,13-15,17,20,22-24,26,28-29,31,33-34,36,38,41-59H2,1-3H3,(H,69,70)/b10-7-,12-9-,19-16-,21-18-,27-25-,32-30-,39-35-,40-37-. The molecule has 76 heavy (non-hydrogen) atoms. The minimum Gasteiger partial charge on any atom is -0.462 e. The number of hydrogen-bond donors (Lipinski definition) is 2. The van der Waals surface area contributed by atoms with Crippen LogP contribution in [-0.2, 0) is 42.2 Å². The molecule has 0 aromatic heterocycles. The van der Waals surface area contributed by atoms with Gasteiger partial charge in [0.05, 0.1) is 19.8 Å². The molecule has 0 radical (unpaired) electrons. The third-order valence-electron chi connectivity index (χ3n) is 12.5. The Morgan fingerprint density at radius 3 is 1.05 bits per heavy atom. The van der Waals surface area contributed by atoms with E-state index >= 15 is 0 Å². The molecule has 0 rings (SSSR count). The van der Waals surface area contributed by atoms with Crippen LogP contribution in [0.15, 0.2) is 97.2 Å². The van der Waals surface area contributed by atoms with Crippen molar-refractivity contribution in [2.75, 3.05) is 26.4 Å². The van der Waals surface area contributed by atoms with Crippen LogP contribution in [0.3, 0.4) is 0 Å². The zero-order valence-corrected chi connectivity index (χ0v) is 49.1. The second kappa shape index (κ2) is 57.6. The van der Waals surface area contributed by atoms with Gasteiger partial charge in [0.15, 0.2) is 6.10 Å². The van der Waals surface area contributed by atoms with Gasteiger partial charge < -0.3 is 24.2 Å². The van der Waals surface area contributed by atoms with E-state index in [4.69, 9.17) is 23.3 Å². The van der Waals surface area contributed by atoms with Crippen LogP contribution < -0.4 is 0 Å². The van der Waals surface area contributed by atoms with Gasteiger partial charge in [0, 0.05) is 19.3 Å². The molecule has 0 aliphatic heterocycles. The van der Waals surface area contributed by atoms with E-state index in [0.29, 0.717) is 19.3 Å². The SMILES string of the molecule is CC/C=C\C/C=C\C/C=C\C/C=C\C/C=C\CCCCCC(=O)OC(COC(=O)CCCCCCCCCCCCCCCCCCC)COP(=O)(O)OCC(CO)OC(=O)CCCCC/C=C\C/C=C\C/C=C\CC. The van der Waals surface area contributed by atoms with Crippen LogP contribution in [0.1, 0.15) is 252 Å². The Bertz CT molecular complexity index is 1640. The highest BCUT2D eigenvalue weighted by molar-refractivity contribution is 7.47. The molecule has 3 unspecified atom stereocenters. The number of ether oxygens (including phenoxy) is 3. The molecular weight excluding hydrogens is 976 g/mol. The summed E-state index contributed by atoms with van der Waals surface area (Å²) in [6.07, 6.45) is 68.0.